The molecule has 3 heterocycles. The number of Topliss-reactive ketones (excluding diaryl/α,β-unsaturated/α-hetero) is 1. The van der Waals surface area contributed by atoms with E-state index in [1.165, 1.54) is 11.3 Å². The van der Waals surface area contributed by atoms with Crippen molar-refractivity contribution in [1.29, 1.82) is 5.26 Å². The maximum Gasteiger partial charge on any atom is 0.219 e. The fraction of sp³-hybridized carbons (Fsp3) is 0.217. The number of nitrogens with two attached hydrogens (primary N) is 1. The molecule has 6 nitrogen and oxygen atoms in total. The van der Waals surface area contributed by atoms with E-state index in [0.717, 1.165) is 33.3 Å². The fourth-order valence-electron chi connectivity index (χ4n) is 4.15. The van der Waals surface area contributed by atoms with Crippen LogP contribution < -0.4 is 10.6 Å². The standard InChI is InChI=1S/C23H18ClN5OS3/c24-15-6-4-13(5-7-15)11-32-23-28-27-22(33-23)29-17-2-1-3-18(30)20(17)19(14-8-9-31-12-14)16(10-25)21(29)26/h4-9,12,19H,1-3,11,26H2/t19-/m1/s1. The zero-order valence-electron chi connectivity index (χ0n) is 17.3. The summed E-state index contributed by atoms with van der Waals surface area (Å²) < 4.78 is 0.788. The Bertz CT molecular complexity index is 1300. The number of nitrogens with zero attached hydrogens (tertiary/aromatic N) is 4. The Morgan fingerprint density at radius 3 is 2.79 bits per heavy atom. The first kappa shape index (κ1) is 22.2. The van der Waals surface area contributed by atoms with Gasteiger partial charge in [-0.05, 0) is 52.9 Å². The van der Waals surface area contributed by atoms with E-state index in [0.29, 0.717) is 40.0 Å². The van der Waals surface area contributed by atoms with Gasteiger partial charge in [0.15, 0.2) is 10.1 Å². The predicted molar refractivity (Wildman–Crippen MR) is 133 cm³/mol. The SMILES string of the molecule is N#CC1=C(N)N(c2nnc(SCc3ccc(Cl)cc3)s2)C2=C(C(=O)CCC2)[C@@H]1c1ccsc1. The predicted octanol–water partition coefficient (Wildman–Crippen LogP) is 5.85. The van der Waals surface area contributed by atoms with E-state index in [2.05, 4.69) is 16.3 Å². The van der Waals surface area contributed by atoms with Crippen molar-refractivity contribution < 1.29 is 4.79 Å². The van der Waals surface area contributed by atoms with E-state index in [1.807, 2.05) is 41.1 Å². The van der Waals surface area contributed by atoms with E-state index in [-0.39, 0.29) is 5.78 Å². The third kappa shape index (κ3) is 4.20. The second-order valence-corrected chi connectivity index (χ2v) is 11.0. The summed E-state index contributed by atoms with van der Waals surface area (Å²) in [7, 11) is 0. The van der Waals surface area contributed by atoms with Gasteiger partial charge < -0.3 is 5.73 Å². The maximum absolute atomic E-state index is 13.1. The number of allylic oxidation sites excluding steroid dienone is 3. The monoisotopic (exact) mass is 511 g/mol. The number of nitriles is 1. The summed E-state index contributed by atoms with van der Waals surface area (Å²) in [6.07, 6.45) is 1.93. The first-order chi connectivity index (χ1) is 16.1. The summed E-state index contributed by atoms with van der Waals surface area (Å²) in [5.41, 5.74) is 10.5. The molecule has 1 aliphatic carbocycles. The fourth-order valence-corrected chi connectivity index (χ4v) is 6.80. The van der Waals surface area contributed by atoms with Crippen LogP contribution in [0.25, 0.3) is 0 Å². The van der Waals surface area contributed by atoms with Crippen molar-refractivity contribution in [3.8, 4) is 6.07 Å². The summed E-state index contributed by atoms with van der Waals surface area (Å²) in [5, 5.41) is 23.9. The van der Waals surface area contributed by atoms with Crippen LogP contribution in [0.4, 0.5) is 5.13 Å². The van der Waals surface area contributed by atoms with Gasteiger partial charge >= 0.3 is 0 Å². The number of carbonyl (C=O) groups is 1. The number of thioether (sulfide) groups is 1. The van der Waals surface area contributed by atoms with Crippen molar-refractivity contribution in [2.75, 3.05) is 4.90 Å². The van der Waals surface area contributed by atoms with Crippen LogP contribution in [-0.4, -0.2) is 16.0 Å². The molecular weight excluding hydrogens is 494 g/mol. The minimum absolute atomic E-state index is 0.0690. The Labute approximate surface area is 208 Å². The van der Waals surface area contributed by atoms with Crippen molar-refractivity contribution in [1.82, 2.24) is 10.2 Å². The second-order valence-electron chi connectivity index (χ2n) is 7.64. The molecule has 0 bridgehead atoms. The molecular formula is C23H18ClN5OS3. The molecule has 33 heavy (non-hydrogen) atoms. The third-order valence-electron chi connectivity index (χ3n) is 5.65. The van der Waals surface area contributed by atoms with Crippen LogP contribution in [0.1, 0.15) is 36.3 Å². The number of benzene rings is 1. The molecule has 3 aromatic rings. The van der Waals surface area contributed by atoms with Crippen molar-refractivity contribution in [2.45, 2.75) is 35.3 Å². The molecule has 0 radical (unpaired) electrons. The molecule has 0 amide bonds. The molecule has 2 aliphatic rings. The zero-order valence-corrected chi connectivity index (χ0v) is 20.5. The lowest BCUT2D eigenvalue weighted by Gasteiger charge is -2.37. The molecule has 0 unspecified atom stereocenters. The summed E-state index contributed by atoms with van der Waals surface area (Å²) in [6.45, 7) is 0. The molecule has 1 atom stereocenters. The van der Waals surface area contributed by atoms with Crippen molar-refractivity contribution in [2.24, 2.45) is 5.73 Å². The summed E-state index contributed by atoms with van der Waals surface area (Å²) in [4.78, 5) is 14.8. The number of aromatic nitrogens is 2. The van der Waals surface area contributed by atoms with Crippen molar-refractivity contribution in [3.05, 3.63) is 79.9 Å². The Balaban J connectivity index is 1.50. The van der Waals surface area contributed by atoms with E-state index >= 15 is 0 Å². The molecule has 166 valence electrons. The first-order valence-corrected chi connectivity index (χ1v) is 13.4. The molecule has 2 aromatic heterocycles. The van der Waals surface area contributed by atoms with Gasteiger partial charge in [-0.15, -0.1) is 10.2 Å². The van der Waals surface area contributed by atoms with Crippen LogP contribution in [0.3, 0.4) is 0 Å². The topological polar surface area (TPSA) is 95.9 Å². The van der Waals surface area contributed by atoms with Crippen LogP contribution in [0, 0.1) is 11.3 Å². The highest BCUT2D eigenvalue weighted by Crippen LogP contribution is 2.47. The van der Waals surface area contributed by atoms with Gasteiger partial charge in [-0.1, -0.05) is 46.8 Å². The average Bonchev–Trinajstić information content (AvgIpc) is 3.51. The largest absolute Gasteiger partial charge is 0.384 e. The molecule has 1 aromatic carbocycles. The normalized spacial score (nSPS) is 18.5. The van der Waals surface area contributed by atoms with Gasteiger partial charge in [0.2, 0.25) is 5.13 Å². The van der Waals surface area contributed by atoms with Crippen LogP contribution in [-0.2, 0) is 10.5 Å². The molecule has 0 saturated carbocycles. The molecule has 2 N–H and O–H groups in total. The number of ketones is 1. The number of thiophene rings is 1. The van der Waals surface area contributed by atoms with Crippen LogP contribution >= 0.6 is 46.0 Å². The summed E-state index contributed by atoms with van der Waals surface area (Å²) in [5.74, 6) is 0.701. The molecule has 5 rings (SSSR count). The smallest absolute Gasteiger partial charge is 0.219 e. The van der Waals surface area contributed by atoms with Gasteiger partial charge in [0.25, 0.3) is 0 Å². The van der Waals surface area contributed by atoms with E-state index in [4.69, 9.17) is 17.3 Å². The van der Waals surface area contributed by atoms with E-state index < -0.39 is 5.92 Å². The number of carbonyl (C=O) groups excluding carboxylic acids is 1. The number of hydrogen-bond acceptors (Lipinski definition) is 9. The Morgan fingerprint density at radius 2 is 2.06 bits per heavy atom. The number of rotatable bonds is 5. The molecule has 0 spiro atoms. The molecule has 0 saturated heterocycles. The Kier molecular flexibility index (Phi) is 6.25. The summed E-state index contributed by atoms with van der Waals surface area (Å²) >= 11 is 10.5. The van der Waals surface area contributed by atoms with Gasteiger partial charge in [-0.3, -0.25) is 9.69 Å². The first-order valence-electron chi connectivity index (χ1n) is 10.3. The van der Waals surface area contributed by atoms with E-state index in [9.17, 15) is 10.1 Å². The number of anilines is 1. The van der Waals surface area contributed by atoms with Crippen molar-refractivity contribution >= 4 is 57.0 Å². The Hall–Kier alpha value is -2.64. The minimum atomic E-state index is -0.424. The van der Waals surface area contributed by atoms with Gasteiger partial charge in [0, 0.05) is 28.5 Å². The highest BCUT2D eigenvalue weighted by Gasteiger charge is 2.41. The molecule has 1 aliphatic heterocycles. The molecule has 10 heteroatoms. The lowest BCUT2D eigenvalue weighted by Crippen LogP contribution is -2.38. The highest BCUT2D eigenvalue weighted by atomic mass is 35.5. The van der Waals surface area contributed by atoms with Crippen LogP contribution in [0.5, 0.6) is 0 Å². The lowest BCUT2D eigenvalue weighted by atomic mass is 9.76. The maximum atomic E-state index is 13.1. The van der Waals surface area contributed by atoms with Gasteiger partial charge in [-0.25, -0.2) is 0 Å². The van der Waals surface area contributed by atoms with Crippen molar-refractivity contribution in [3.63, 3.8) is 0 Å². The number of hydrogen-bond donors (Lipinski definition) is 1. The number of halogens is 1. The third-order valence-corrected chi connectivity index (χ3v) is 8.72. The summed E-state index contributed by atoms with van der Waals surface area (Å²) in [6, 6.07) is 11.9. The lowest BCUT2D eigenvalue weighted by molar-refractivity contribution is -0.116. The van der Waals surface area contributed by atoms with Gasteiger partial charge in [-0.2, -0.15) is 16.6 Å². The quantitative estimate of drug-likeness (QED) is 0.429. The Morgan fingerprint density at radius 1 is 1.24 bits per heavy atom. The molecule has 0 fully saturated rings. The van der Waals surface area contributed by atoms with Gasteiger partial charge in [0.1, 0.15) is 5.82 Å². The van der Waals surface area contributed by atoms with Crippen LogP contribution in [0.2, 0.25) is 5.02 Å². The van der Waals surface area contributed by atoms with E-state index in [1.54, 1.807) is 28.0 Å². The average molecular weight is 512 g/mol. The van der Waals surface area contributed by atoms with Crippen LogP contribution in [0.15, 0.2) is 68.1 Å². The minimum Gasteiger partial charge on any atom is -0.384 e. The van der Waals surface area contributed by atoms with Gasteiger partial charge in [0.05, 0.1) is 17.6 Å². The zero-order chi connectivity index (χ0) is 22.9. The second kappa shape index (κ2) is 9.31. The highest BCUT2D eigenvalue weighted by molar-refractivity contribution is 8.00.